The summed E-state index contributed by atoms with van der Waals surface area (Å²) in [6.45, 7) is 3.68. The number of methoxy groups -OCH3 is 1. The molecule has 1 aromatic heterocycles. The fourth-order valence-electron chi connectivity index (χ4n) is 2.77. The molecule has 0 saturated heterocycles. The van der Waals surface area contributed by atoms with Crippen LogP contribution in [0.5, 0.6) is 0 Å². The van der Waals surface area contributed by atoms with Crippen LogP contribution in [0, 0.1) is 13.8 Å². The molecular formula is C17H16N2O3. The maximum Gasteiger partial charge on any atom is 0.340 e. The van der Waals surface area contributed by atoms with Gasteiger partial charge in [0.1, 0.15) is 0 Å². The zero-order valence-electron chi connectivity index (χ0n) is 12.6. The number of anilines is 1. The number of benzene rings is 1. The van der Waals surface area contributed by atoms with Gasteiger partial charge in [-0.25, -0.2) is 4.79 Å². The van der Waals surface area contributed by atoms with Crippen molar-refractivity contribution in [2.24, 2.45) is 0 Å². The maximum atomic E-state index is 12.2. The number of amides is 1. The van der Waals surface area contributed by atoms with Gasteiger partial charge in [-0.15, -0.1) is 0 Å². The highest BCUT2D eigenvalue weighted by atomic mass is 16.5. The average molecular weight is 296 g/mol. The largest absolute Gasteiger partial charge is 0.465 e. The molecule has 1 aliphatic heterocycles. The summed E-state index contributed by atoms with van der Waals surface area (Å²) in [6, 6.07) is 7.48. The van der Waals surface area contributed by atoms with Gasteiger partial charge in [0.05, 0.1) is 12.7 Å². The van der Waals surface area contributed by atoms with Crippen molar-refractivity contribution >= 4 is 29.2 Å². The van der Waals surface area contributed by atoms with Crippen LogP contribution in [-0.4, -0.2) is 24.0 Å². The Morgan fingerprint density at radius 1 is 1.18 bits per heavy atom. The van der Waals surface area contributed by atoms with E-state index in [0.717, 1.165) is 22.6 Å². The molecular weight excluding hydrogens is 280 g/mol. The van der Waals surface area contributed by atoms with E-state index in [1.54, 1.807) is 6.08 Å². The number of carbonyl (C=O) groups excluding carboxylic acids is 2. The van der Waals surface area contributed by atoms with E-state index < -0.39 is 5.97 Å². The van der Waals surface area contributed by atoms with Gasteiger partial charge in [0.25, 0.3) is 5.91 Å². The zero-order chi connectivity index (χ0) is 15.9. The van der Waals surface area contributed by atoms with Gasteiger partial charge in [0.15, 0.2) is 0 Å². The molecule has 1 aliphatic rings. The van der Waals surface area contributed by atoms with Crippen molar-refractivity contribution in [3.05, 3.63) is 52.3 Å². The van der Waals surface area contributed by atoms with Crippen LogP contribution in [0.25, 0.3) is 11.6 Å². The monoisotopic (exact) mass is 296 g/mol. The minimum atomic E-state index is -0.416. The van der Waals surface area contributed by atoms with Crippen LogP contribution in [-0.2, 0) is 9.53 Å². The third-order valence-corrected chi connectivity index (χ3v) is 3.81. The van der Waals surface area contributed by atoms with E-state index in [0.29, 0.717) is 16.7 Å². The molecule has 0 bridgehead atoms. The van der Waals surface area contributed by atoms with E-state index in [4.69, 9.17) is 4.74 Å². The molecule has 5 heteroatoms. The van der Waals surface area contributed by atoms with Crippen molar-refractivity contribution in [2.45, 2.75) is 13.8 Å². The minimum Gasteiger partial charge on any atom is -0.465 e. The number of fused-ring (bicyclic) bond motifs is 1. The second-order valence-electron chi connectivity index (χ2n) is 5.21. The van der Waals surface area contributed by atoms with E-state index >= 15 is 0 Å². The summed E-state index contributed by atoms with van der Waals surface area (Å²) in [5, 5.41) is 2.82. The summed E-state index contributed by atoms with van der Waals surface area (Å²) < 4.78 is 4.84. The van der Waals surface area contributed by atoms with Crippen molar-refractivity contribution < 1.29 is 14.3 Å². The Hall–Kier alpha value is -2.82. The first-order chi connectivity index (χ1) is 10.5. The number of hydrogen-bond acceptors (Lipinski definition) is 3. The van der Waals surface area contributed by atoms with Crippen molar-refractivity contribution in [2.75, 3.05) is 12.4 Å². The highest BCUT2D eigenvalue weighted by Crippen LogP contribution is 2.34. The van der Waals surface area contributed by atoms with E-state index in [9.17, 15) is 9.59 Å². The molecule has 1 aromatic carbocycles. The average Bonchev–Trinajstić information content (AvgIpc) is 2.96. The van der Waals surface area contributed by atoms with Gasteiger partial charge < -0.3 is 15.0 Å². The smallest absolute Gasteiger partial charge is 0.340 e. The third kappa shape index (κ3) is 2.11. The van der Waals surface area contributed by atoms with Crippen LogP contribution in [0.15, 0.2) is 24.3 Å². The maximum absolute atomic E-state index is 12.2. The first-order valence-corrected chi connectivity index (χ1v) is 6.93. The molecule has 5 nitrogen and oxygen atoms in total. The van der Waals surface area contributed by atoms with Crippen LogP contribution in [0.3, 0.4) is 0 Å². The van der Waals surface area contributed by atoms with Gasteiger partial charge >= 0.3 is 5.97 Å². The van der Waals surface area contributed by atoms with E-state index in [1.165, 1.54) is 7.11 Å². The number of hydrogen-bond donors (Lipinski definition) is 2. The molecule has 0 saturated carbocycles. The van der Waals surface area contributed by atoms with Crippen LogP contribution in [0.1, 0.15) is 32.9 Å². The highest BCUT2D eigenvalue weighted by molar-refractivity contribution is 6.35. The number of H-pyrrole nitrogens is 1. The molecule has 2 N–H and O–H groups in total. The first kappa shape index (κ1) is 14.1. The molecule has 0 aliphatic carbocycles. The summed E-state index contributed by atoms with van der Waals surface area (Å²) in [6.07, 6.45) is 1.74. The van der Waals surface area contributed by atoms with Gasteiger partial charge in [-0.05, 0) is 26.0 Å². The molecule has 0 unspecified atom stereocenters. The predicted octanol–water partition coefficient (Wildman–Crippen LogP) is 2.91. The van der Waals surface area contributed by atoms with Crippen molar-refractivity contribution in [3.8, 4) is 0 Å². The summed E-state index contributed by atoms with van der Waals surface area (Å²) in [4.78, 5) is 27.3. The third-order valence-electron chi connectivity index (χ3n) is 3.81. The topological polar surface area (TPSA) is 71.2 Å². The lowest BCUT2D eigenvalue weighted by atomic mass is 10.0. The lowest BCUT2D eigenvalue weighted by molar-refractivity contribution is -0.110. The lowest BCUT2D eigenvalue weighted by Crippen LogP contribution is -2.06. The molecule has 22 heavy (non-hydrogen) atoms. The first-order valence-electron chi connectivity index (χ1n) is 6.93. The van der Waals surface area contributed by atoms with E-state index in [2.05, 4.69) is 10.3 Å². The number of ether oxygens (including phenoxy) is 1. The Kier molecular flexibility index (Phi) is 3.33. The Balaban J connectivity index is 2.18. The van der Waals surface area contributed by atoms with Crippen LogP contribution < -0.4 is 5.32 Å². The Morgan fingerprint density at radius 3 is 2.64 bits per heavy atom. The van der Waals surface area contributed by atoms with Gasteiger partial charge in [0, 0.05) is 33.8 Å². The Labute approximate surface area is 128 Å². The SMILES string of the molecule is COC(=O)c1c(C)[nH]c(C)c1C=C1C(=O)Nc2ccccc21. The number of aromatic amines is 1. The highest BCUT2D eigenvalue weighted by Gasteiger charge is 2.26. The number of aromatic nitrogens is 1. The normalized spacial score (nSPS) is 14.9. The Morgan fingerprint density at radius 2 is 1.91 bits per heavy atom. The molecule has 0 radical (unpaired) electrons. The minimum absolute atomic E-state index is 0.171. The number of nitrogens with one attached hydrogen (secondary N) is 2. The number of para-hydroxylation sites is 1. The molecule has 0 spiro atoms. The number of carbonyl (C=O) groups is 2. The molecule has 3 rings (SSSR count). The van der Waals surface area contributed by atoms with Gasteiger partial charge in [0.2, 0.25) is 0 Å². The standard InChI is InChI=1S/C17H16N2O3/c1-9-12(15(10(2)18-9)17(21)22-3)8-13-11-6-4-5-7-14(11)19-16(13)20/h4-8,18H,1-3H3,(H,19,20). The van der Waals surface area contributed by atoms with Crippen molar-refractivity contribution in [3.63, 3.8) is 0 Å². The molecule has 0 atom stereocenters. The number of esters is 1. The molecule has 2 aromatic rings. The molecule has 2 heterocycles. The van der Waals surface area contributed by atoms with Crippen molar-refractivity contribution in [1.82, 2.24) is 4.98 Å². The van der Waals surface area contributed by atoms with Crippen LogP contribution >= 0.6 is 0 Å². The van der Waals surface area contributed by atoms with Gasteiger partial charge in [-0.2, -0.15) is 0 Å². The molecule has 112 valence electrons. The lowest BCUT2D eigenvalue weighted by Gasteiger charge is -2.02. The number of aryl methyl sites for hydroxylation is 2. The molecule has 0 fully saturated rings. The predicted molar refractivity (Wildman–Crippen MR) is 84.5 cm³/mol. The second kappa shape index (κ2) is 5.18. The van der Waals surface area contributed by atoms with Crippen LogP contribution in [0.4, 0.5) is 5.69 Å². The Bertz CT molecular complexity index is 815. The van der Waals surface area contributed by atoms with Crippen LogP contribution in [0.2, 0.25) is 0 Å². The fourth-order valence-corrected chi connectivity index (χ4v) is 2.77. The van der Waals surface area contributed by atoms with Gasteiger partial charge in [-0.1, -0.05) is 18.2 Å². The molecule has 1 amide bonds. The van der Waals surface area contributed by atoms with Gasteiger partial charge in [-0.3, -0.25) is 4.79 Å². The van der Waals surface area contributed by atoms with E-state index in [-0.39, 0.29) is 5.91 Å². The zero-order valence-corrected chi connectivity index (χ0v) is 12.6. The fraction of sp³-hybridized carbons (Fsp3) is 0.176. The summed E-state index contributed by atoms with van der Waals surface area (Å²) in [5.74, 6) is -0.587. The number of rotatable bonds is 2. The quantitative estimate of drug-likeness (QED) is 0.661. The van der Waals surface area contributed by atoms with E-state index in [1.807, 2.05) is 38.1 Å². The summed E-state index contributed by atoms with van der Waals surface area (Å²) in [7, 11) is 1.35. The van der Waals surface area contributed by atoms with Crippen molar-refractivity contribution in [1.29, 1.82) is 0 Å². The second-order valence-corrected chi connectivity index (χ2v) is 5.21. The summed E-state index contributed by atoms with van der Waals surface area (Å²) >= 11 is 0. The summed E-state index contributed by atoms with van der Waals surface area (Å²) in [5.41, 5.74) is 4.86.